The Morgan fingerprint density at radius 1 is 0.919 bits per heavy atom. The highest BCUT2D eigenvalue weighted by Gasteiger charge is 2.31. The third-order valence-electron chi connectivity index (χ3n) is 6.61. The van der Waals surface area contributed by atoms with Gasteiger partial charge in [0.05, 0.1) is 0 Å². The van der Waals surface area contributed by atoms with E-state index in [1.807, 2.05) is 37.3 Å². The van der Waals surface area contributed by atoms with Crippen molar-refractivity contribution in [2.24, 2.45) is 0 Å². The first-order chi connectivity index (χ1) is 17.8. The normalized spacial score (nSPS) is 16.1. The summed E-state index contributed by atoms with van der Waals surface area (Å²) < 4.78 is 53.4. The number of carbonyl (C=O) groups excluding carboxylic acids is 1. The monoisotopic (exact) mass is 525 g/mol. The van der Waals surface area contributed by atoms with Gasteiger partial charge >= 0.3 is 0 Å². The van der Waals surface area contributed by atoms with E-state index in [0.29, 0.717) is 36.8 Å². The van der Waals surface area contributed by atoms with Gasteiger partial charge in [-0.25, -0.2) is 12.8 Å². The second kappa shape index (κ2) is 10.5. The molecule has 0 atom stereocenters. The van der Waals surface area contributed by atoms with E-state index in [2.05, 4.69) is 10.2 Å². The smallest absolute Gasteiger partial charge is 0.255 e. The first-order valence-electron chi connectivity index (χ1n) is 12.1. The third-order valence-corrected chi connectivity index (χ3v) is 8.52. The van der Waals surface area contributed by atoms with Crippen LogP contribution < -0.4 is 14.8 Å². The van der Waals surface area contributed by atoms with Crippen molar-refractivity contribution < 1.29 is 27.1 Å². The molecule has 194 valence electrons. The Morgan fingerprint density at radius 3 is 2.35 bits per heavy atom. The molecule has 1 fully saturated rings. The van der Waals surface area contributed by atoms with Gasteiger partial charge in [0.25, 0.3) is 5.91 Å². The summed E-state index contributed by atoms with van der Waals surface area (Å²) in [6.45, 7) is 4.29. The van der Waals surface area contributed by atoms with Crippen molar-refractivity contribution in [2.45, 2.75) is 24.8 Å². The average Bonchev–Trinajstić information content (AvgIpc) is 3.37. The van der Waals surface area contributed by atoms with Gasteiger partial charge < -0.3 is 14.8 Å². The molecule has 2 aliphatic heterocycles. The van der Waals surface area contributed by atoms with Gasteiger partial charge in [0, 0.05) is 44.0 Å². The Balaban J connectivity index is 1.24. The molecule has 0 radical (unpaired) electrons. The zero-order chi connectivity index (χ0) is 26.0. The molecule has 0 bridgehead atoms. The SMILES string of the molecule is CCc1ccc(NC(=O)c2ccc(F)c(S(=O)(=O)N3CCN(Cc4ccc5c(c4)OCO5)CC3)c2)cc1. The van der Waals surface area contributed by atoms with Crippen LogP contribution in [0.15, 0.2) is 65.6 Å². The number of piperazine rings is 1. The molecule has 8 nitrogen and oxygen atoms in total. The van der Waals surface area contributed by atoms with Crippen LogP contribution in [0.4, 0.5) is 10.1 Å². The summed E-state index contributed by atoms with van der Waals surface area (Å²) in [5, 5.41) is 2.74. The molecule has 0 aliphatic carbocycles. The molecule has 3 aromatic carbocycles. The van der Waals surface area contributed by atoms with Crippen LogP contribution in [0.3, 0.4) is 0 Å². The van der Waals surface area contributed by atoms with Gasteiger partial charge in [-0.3, -0.25) is 9.69 Å². The van der Waals surface area contributed by atoms with Gasteiger partial charge in [0.1, 0.15) is 10.7 Å². The maximum Gasteiger partial charge on any atom is 0.255 e. The molecule has 1 saturated heterocycles. The number of anilines is 1. The molecule has 2 heterocycles. The van der Waals surface area contributed by atoms with Crippen molar-refractivity contribution in [3.8, 4) is 11.5 Å². The highest BCUT2D eigenvalue weighted by atomic mass is 32.2. The number of amides is 1. The summed E-state index contributed by atoms with van der Waals surface area (Å²) in [5.74, 6) is 0.0314. The van der Waals surface area contributed by atoms with Crippen LogP contribution in [0, 0.1) is 5.82 Å². The molecule has 2 aliphatic rings. The Morgan fingerprint density at radius 2 is 1.62 bits per heavy atom. The van der Waals surface area contributed by atoms with Gasteiger partial charge in [-0.05, 0) is 60.0 Å². The predicted octanol–water partition coefficient (Wildman–Crippen LogP) is 3.88. The van der Waals surface area contributed by atoms with Crippen LogP contribution in [0.2, 0.25) is 0 Å². The fraction of sp³-hybridized carbons (Fsp3) is 0.296. The third kappa shape index (κ3) is 5.46. The number of carbonyl (C=O) groups is 1. The van der Waals surface area contributed by atoms with E-state index in [9.17, 15) is 17.6 Å². The summed E-state index contributed by atoms with van der Waals surface area (Å²) in [6.07, 6.45) is 0.875. The van der Waals surface area contributed by atoms with Crippen molar-refractivity contribution in [1.29, 1.82) is 0 Å². The number of hydrogen-bond donors (Lipinski definition) is 1. The van der Waals surface area contributed by atoms with Gasteiger partial charge in [-0.1, -0.05) is 25.1 Å². The maximum absolute atomic E-state index is 14.7. The van der Waals surface area contributed by atoms with Gasteiger partial charge in [-0.2, -0.15) is 4.31 Å². The highest BCUT2D eigenvalue weighted by Crippen LogP contribution is 2.33. The molecule has 0 unspecified atom stereocenters. The Hall–Kier alpha value is -3.47. The Bertz CT molecular complexity index is 1400. The van der Waals surface area contributed by atoms with E-state index < -0.39 is 26.6 Å². The molecule has 37 heavy (non-hydrogen) atoms. The number of ether oxygens (including phenoxy) is 2. The number of benzene rings is 3. The van der Waals surface area contributed by atoms with Crippen LogP contribution in [0.1, 0.15) is 28.4 Å². The number of nitrogens with one attached hydrogen (secondary N) is 1. The zero-order valence-corrected chi connectivity index (χ0v) is 21.3. The summed E-state index contributed by atoms with van der Waals surface area (Å²) in [7, 11) is -4.12. The van der Waals surface area contributed by atoms with E-state index in [1.54, 1.807) is 12.1 Å². The number of sulfonamides is 1. The van der Waals surface area contributed by atoms with E-state index in [0.717, 1.165) is 29.7 Å². The number of nitrogens with zero attached hydrogens (tertiary/aromatic N) is 2. The topological polar surface area (TPSA) is 88.2 Å². The van der Waals surface area contributed by atoms with E-state index in [-0.39, 0.29) is 25.4 Å². The molecule has 3 aromatic rings. The fourth-order valence-electron chi connectivity index (χ4n) is 4.43. The van der Waals surface area contributed by atoms with Gasteiger partial charge in [0.15, 0.2) is 11.5 Å². The standard InChI is InChI=1S/C27H28FN3O5S/c1-2-19-3-7-22(8-4-19)29-27(32)21-6-9-23(28)26(16-21)37(33,34)31-13-11-30(12-14-31)17-20-5-10-24-25(15-20)36-18-35-24/h3-10,15-16H,2,11-14,17-18H2,1H3,(H,29,32). The minimum Gasteiger partial charge on any atom is -0.454 e. The molecule has 10 heteroatoms. The molecule has 0 aromatic heterocycles. The summed E-state index contributed by atoms with van der Waals surface area (Å²) in [4.78, 5) is 14.4. The van der Waals surface area contributed by atoms with Crippen LogP contribution in [-0.2, 0) is 23.0 Å². The largest absolute Gasteiger partial charge is 0.454 e. The van der Waals surface area contributed by atoms with E-state index >= 15 is 0 Å². The number of aryl methyl sites for hydroxylation is 1. The fourth-order valence-corrected chi connectivity index (χ4v) is 5.95. The van der Waals surface area contributed by atoms with Crippen LogP contribution in [0.25, 0.3) is 0 Å². The van der Waals surface area contributed by atoms with Crippen LogP contribution in [0.5, 0.6) is 11.5 Å². The molecule has 1 N–H and O–H groups in total. The summed E-state index contributed by atoms with van der Waals surface area (Å²) >= 11 is 0. The van der Waals surface area contributed by atoms with E-state index in [1.165, 1.54) is 10.4 Å². The molecule has 5 rings (SSSR count). The predicted molar refractivity (Wildman–Crippen MR) is 137 cm³/mol. The minimum atomic E-state index is -4.12. The maximum atomic E-state index is 14.7. The molecule has 0 spiro atoms. The molecular formula is C27H28FN3O5S. The lowest BCUT2D eigenvalue weighted by atomic mass is 10.1. The van der Waals surface area contributed by atoms with Crippen molar-refractivity contribution in [3.05, 3.63) is 83.2 Å². The highest BCUT2D eigenvalue weighted by molar-refractivity contribution is 7.89. The van der Waals surface area contributed by atoms with Crippen LogP contribution in [-0.4, -0.2) is 56.5 Å². The number of hydrogen-bond acceptors (Lipinski definition) is 6. The van der Waals surface area contributed by atoms with Crippen molar-refractivity contribution in [3.63, 3.8) is 0 Å². The van der Waals surface area contributed by atoms with Crippen LogP contribution >= 0.6 is 0 Å². The second-order valence-corrected chi connectivity index (χ2v) is 10.9. The lowest BCUT2D eigenvalue weighted by Crippen LogP contribution is -2.48. The van der Waals surface area contributed by atoms with Crippen molar-refractivity contribution in [1.82, 2.24) is 9.21 Å². The first-order valence-corrected chi connectivity index (χ1v) is 13.6. The Labute approximate surface area is 215 Å². The molecule has 1 amide bonds. The van der Waals surface area contributed by atoms with Crippen molar-refractivity contribution in [2.75, 3.05) is 38.3 Å². The zero-order valence-electron chi connectivity index (χ0n) is 20.4. The first kappa shape index (κ1) is 25.2. The minimum absolute atomic E-state index is 0.0704. The number of halogens is 1. The van der Waals surface area contributed by atoms with Gasteiger partial charge in [0.2, 0.25) is 16.8 Å². The van der Waals surface area contributed by atoms with Crippen molar-refractivity contribution >= 4 is 21.6 Å². The number of fused-ring (bicyclic) bond motifs is 1. The molecule has 0 saturated carbocycles. The quantitative estimate of drug-likeness (QED) is 0.504. The lowest BCUT2D eigenvalue weighted by molar-refractivity contribution is 0.102. The summed E-state index contributed by atoms with van der Waals surface area (Å²) in [6, 6.07) is 16.5. The summed E-state index contributed by atoms with van der Waals surface area (Å²) in [5.41, 5.74) is 2.81. The van der Waals surface area contributed by atoms with E-state index in [4.69, 9.17) is 9.47 Å². The second-order valence-electron chi connectivity index (χ2n) is 9.02. The Kier molecular flexibility index (Phi) is 7.14. The lowest BCUT2D eigenvalue weighted by Gasteiger charge is -2.34. The average molecular weight is 526 g/mol. The number of rotatable bonds is 7. The van der Waals surface area contributed by atoms with Gasteiger partial charge in [-0.15, -0.1) is 0 Å². The molecular weight excluding hydrogens is 497 g/mol.